The molecule has 180 valence electrons. The number of amides is 1. The van der Waals surface area contributed by atoms with Gasteiger partial charge in [-0.05, 0) is 37.3 Å². The highest BCUT2D eigenvalue weighted by atomic mass is 32.2. The van der Waals surface area contributed by atoms with Gasteiger partial charge in [0.15, 0.2) is 5.16 Å². The number of carbonyl (C=O) groups is 1. The number of para-hydroxylation sites is 2. The van der Waals surface area contributed by atoms with Crippen LogP contribution in [0, 0.1) is 5.82 Å². The van der Waals surface area contributed by atoms with E-state index in [0.29, 0.717) is 43.1 Å². The molecule has 1 aromatic heterocycles. The summed E-state index contributed by atoms with van der Waals surface area (Å²) in [6.07, 6.45) is 0. The van der Waals surface area contributed by atoms with Crippen molar-refractivity contribution in [2.24, 2.45) is 0 Å². The summed E-state index contributed by atoms with van der Waals surface area (Å²) in [5, 5.41) is 10.9. The summed E-state index contributed by atoms with van der Waals surface area (Å²) in [6.45, 7) is 0.863. The molecule has 0 saturated carbocycles. The van der Waals surface area contributed by atoms with Crippen LogP contribution in [0.25, 0.3) is 5.69 Å². The van der Waals surface area contributed by atoms with Gasteiger partial charge in [0.2, 0.25) is 11.9 Å². The fourth-order valence-corrected chi connectivity index (χ4v) is 4.23. The van der Waals surface area contributed by atoms with Crippen molar-refractivity contribution in [1.29, 1.82) is 0 Å². The number of rotatable bonds is 8. The lowest BCUT2D eigenvalue weighted by molar-refractivity contribution is -0.115. The van der Waals surface area contributed by atoms with Crippen molar-refractivity contribution in [2.45, 2.75) is 23.9 Å². The van der Waals surface area contributed by atoms with E-state index in [-0.39, 0.29) is 11.4 Å². The summed E-state index contributed by atoms with van der Waals surface area (Å²) in [5.74, 6) is -0.492. The van der Waals surface area contributed by atoms with Crippen LogP contribution in [0.5, 0.6) is 5.75 Å². The highest BCUT2D eigenvalue weighted by Crippen LogP contribution is 2.31. The Hall–Kier alpha value is -3.25. The number of alkyl halides is 2. The average molecular weight is 494 g/mol. The molecule has 8 nitrogen and oxygen atoms in total. The Morgan fingerprint density at radius 1 is 1.15 bits per heavy atom. The van der Waals surface area contributed by atoms with Crippen LogP contribution in [0.4, 0.5) is 24.8 Å². The van der Waals surface area contributed by atoms with Crippen LogP contribution in [-0.4, -0.2) is 58.8 Å². The number of nitrogens with one attached hydrogen (secondary N) is 1. The molecule has 34 heavy (non-hydrogen) atoms. The maximum Gasteiger partial charge on any atom is 0.387 e. The molecule has 0 aliphatic carbocycles. The number of nitrogens with zero attached hydrogens (tertiary/aromatic N) is 4. The van der Waals surface area contributed by atoms with Gasteiger partial charge in [-0.2, -0.15) is 8.78 Å². The lowest BCUT2D eigenvalue weighted by Crippen LogP contribution is -2.38. The minimum Gasteiger partial charge on any atom is -0.433 e. The molecule has 1 saturated heterocycles. The third kappa shape index (κ3) is 5.62. The van der Waals surface area contributed by atoms with E-state index in [1.807, 2.05) is 4.90 Å². The molecule has 2 aromatic carbocycles. The van der Waals surface area contributed by atoms with Crippen LogP contribution in [0.2, 0.25) is 0 Å². The van der Waals surface area contributed by atoms with Crippen LogP contribution >= 0.6 is 11.8 Å². The number of hydrogen-bond acceptors (Lipinski definition) is 7. The number of halogens is 3. The van der Waals surface area contributed by atoms with Gasteiger partial charge in [-0.15, -0.1) is 10.2 Å². The van der Waals surface area contributed by atoms with Crippen LogP contribution < -0.4 is 15.0 Å². The van der Waals surface area contributed by atoms with Gasteiger partial charge in [0, 0.05) is 13.1 Å². The number of thioether (sulfide) groups is 1. The molecule has 1 fully saturated rings. The maximum absolute atomic E-state index is 14.0. The third-order valence-corrected chi connectivity index (χ3v) is 6.03. The van der Waals surface area contributed by atoms with Crippen LogP contribution in [0.15, 0.2) is 53.7 Å². The molecule has 0 bridgehead atoms. The molecule has 0 radical (unpaired) electrons. The molecule has 4 rings (SSSR count). The van der Waals surface area contributed by atoms with E-state index in [2.05, 4.69) is 20.3 Å². The molecule has 1 unspecified atom stereocenters. The van der Waals surface area contributed by atoms with Crippen molar-refractivity contribution in [3.8, 4) is 11.4 Å². The second kappa shape index (κ2) is 10.8. The Morgan fingerprint density at radius 3 is 2.65 bits per heavy atom. The summed E-state index contributed by atoms with van der Waals surface area (Å²) < 4.78 is 50.9. The number of ether oxygens (including phenoxy) is 2. The first-order valence-electron chi connectivity index (χ1n) is 10.5. The minimum absolute atomic E-state index is 0.126. The van der Waals surface area contributed by atoms with E-state index < -0.39 is 23.6 Å². The van der Waals surface area contributed by atoms with Crippen molar-refractivity contribution >= 4 is 29.3 Å². The number of anilines is 2. The Balaban J connectivity index is 1.57. The van der Waals surface area contributed by atoms with Gasteiger partial charge in [0.1, 0.15) is 11.6 Å². The molecule has 1 N–H and O–H groups in total. The van der Waals surface area contributed by atoms with E-state index in [4.69, 9.17) is 4.74 Å². The second-order valence-corrected chi connectivity index (χ2v) is 8.63. The van der Waals surface area contributed by atoms with E-state index in [9.17, 15) is 18.0 Å². The number of morpholine rings is 1. The Morgan fingerprint density at radius 2 is 1.91 bits per heavy atom. The van der Waals surface area contributed by atoms with E-state index >= 15 is 0 Å². The van der Waals surface area contributed by atoms with Crippen LogP contribution in [-0.2, 0) is 9.53 Å². The van der Waals surface area contributed by atoms with Gasteiger partial charge in [-0.25, -0.2) is 4.39 Å². The Labute approximate surface area is 198 Å². The highest BCUT2D eigenvalue weighted by molar-refractivity contribution is 8.00. The highest BCUT2D eigenvalue weighted by Gasteiger charge is 2.25. The Kier molecular flexibility index (Phi) is 7.58. The molecule has 3 aromatic rings. The molecular formula is C22H22F3N5O3S. The minimum atomic E-state index is -3.02. The summed E-state index contributed by atoms with van der Waals surface area (Å²) in [7, 11) is 0. The van der Waals surface area contributed by atoms with Gasteiger partial charge in [-0.1, -0.05) is 30.0 Å². The van der Waals surface area contributed by atoms with Crippen LogP contribution in [0.1, 0.15) is 6.92 Å². The zero-order chi connectivity index (χ0) is 24.1. The quantitative estimate of drug-likeness (QED) is 0.476. The second-order valence-electron chi connectivity index (χ2n) is 7.32. The maximum atomic E-state index is 14.0. The number of carbonyl (C=O) groups excluding carboxylic acids is 1. The van der Waals surface area contributed by atoms with Gasteiger partial charge in [0.25, 0.3) is 0 Å². The smallest absolute Gasteiger partial charge is 0.387 e. The summed E-state index contributed by atoms with van der Waals surface area (Å²) in [5.41, 5.74) is 0.637. The number of aromatic nitrogens is 3. The standard InChI is InChI=1S/C22H22F3N5O3S/c1-14(19(31)26-17-7-2-3-8-18(17)33-20(24)25)34-22-28-27-21(29-9-11-32-12-10-29)30(22)16-6-4-5-15(23)13-16/h2-8,13-14,20H,9-12H2,1H3,(H,26,31). The van der Waals surface area contributed by atoms with Gasteiger partial charge >= 0.3 is 6.61 Å². The topological polar surface area (TPSA) is 81.5 Å². The average Bonchev–Trinajstić information content (AvgIpc) is 3.24. The first kappa shape index (κ1) is 23.9. The third-order valence-electron chi connectivity index (χ3n) is 4.99. The molecule has 2 heterocycles. The SMILES string of the molecule is CC(Sc1nnc(N2CCOCC2)n1-c1cccc(F)c1)C(=O)Nc1ccccc1OC(F)F. The van der Waals surface area contributed by atoms with Crippen LogP contribution in [0.3, 0.4) is 0 Å². The largest absolute Gasteiger partial charge is 0.433 e. The number of benzene rings is 2. The van der Waals surface area contributed by atoms with Crippen molar-refractivity contribution in [3.05, 3.63) is 54.3 Å². The first-order chi connectivity index (χ1) is 16.4. The monoisotopic (exact) mass is 493 g/mol. The lowest BCUT2D eigenvalue weighted by Gasteiger charge is -2.28. The zero-order valence-corrected chi connectivity index (χ0v) is 19.0. The Bertz CT molecular complexity index is 1140. The van der Waals surface area contributed by atoms with Crippen molar-refractivity contribution < 1.29 is 27.4 Å². The lowest BCUT2D eigenvalue weighted by atomic mass is 10.3. The molecule has 1 aliphatic rings. The molecule has 0 spiro atoms. The molecule has 1 aliphatic heterocycles. The van der Waals surface area contributed by atoms with Crippen molar-refractivity contribution in [3.63, 3.8) is 0 Å². The summed E-state index contributed by atoms with van der Waals surface area (Å²) in [6, 6.07) is 11.9. The van der Waals surface area contributed by atoms with E-state index in [1.54, 1.807) is 29.7 Å². The fourth-order valence-electron chi connectivity index (χ4n) is 3.36. The molecule has 1 atom stereocenters. The summed E-state index contributed by atoms with van der Waals surface area (Å²) >= 11 is 1.11. The van der Waals surface area contributed by atoms with Gasteiger partial charge in [0.05, 0.1) is 29.8 Å². The van der Waals surface area contributed by atoms with Crippen molar-refractivity contribution in [2.75, 3.05) is 36.5 Å². The predicted molar refractivity (Wildman–Crippen MR) is 121 cm³/mol. The zero-order valence-electron chi connectivity index (χ0n) is 18.2. The normalized spacial score (nSPS) is 14.8. The first-order valence-corrected chi connectivity index (χ1v) is 11.4. The van der Waals surface area contributed by atoms with Gasteiger partial charge < -0.3 is 19.7 Å². The number of hydrogen-bond donors (Lipinski definition) is 1. The van der Waals surface area contributed by atoms with E-state index in [1.165, 1.54) is 30.3 Å². The van der Waals surface area contributed by atoms with E-state index in [0.717, 1.165) is 11.8 Å². The molecule has 12 heteroatoms. The molecular weight excluding hydrogens is 471 g/mol. The van der Waals surface area contributed by atoms with Gasteiger partial charge in [-0.3, -0.25) is 9.36 Å². The molecule has 1 amide bonds. The summed E-state index contributed by atoms with van der Waals surface area (Å²) in [4.78, 5) is 14.8. The van der Waals surface area contributed by atoms with Crippen molar-refractivity contribution in [1.82, 2.24) is 14.8 Å². The fraction of sp³-hybridized carbons (Fsp3) is 0.318. The predicted octanol–water partition coefficient (Wildman–Crippen LogP) is 3.96.